The van der Waals surface area contributed by atoms with E-state index in [2.05, 4.69) is 0 Å². The molecule has 2 atom stereocenters. The second-order valence-corrected chi connectivity index (χ2v) is 7.93. The van der Waals surface area contributed by atoms with Crippen molar-refractivity contribution in [3.8, 4) is 0 Å². The van der Waals surface area contributed by atoms with E-state index in [0.717, 1.165) is 6.42 Å². The predicted octanol–water partition coefficient (Wildman–Crippen LogP) is -0.429. The number of carbonyl (C=O) groups is 2. The predicted molar refractivity (Wildman–Crippen MR) is 76.7 cm³/mol. The molecule has 2 aliphatic rings. The Hall–Kier alpha value is -1.15. The number of carboxylic acid groups (broad SMARTS) is 1. The summed E-state index contributed by atoms with van der Waals surface area (Å²) in [5, 5.41) is 9.13. The fraction of sp³-hybridized carbons (Fsp3) is 0.846. The Morgan fingerprint density at radius 3 is 2.57 bits per heavy atom. The number of hydrogen-bond donors (Lipinski definition) is 1. The molecular formula is C13H22N2O5S. The molecule has 0 bridgehead atoms. The van der Waals surface area contributed by atoms with Crippen molar-refractivity contribution in [1.29, 1.82) is 0 Å². The summed E-state index contributed by atoms with van der Waals surface area (Å²) in [4.78, 5) is 26.8. The molecule has 2 fully saturated rings. The van der Waals surface area contributed by atoms with Crippen LogP contribution in [0.5, 0.6) is 0 Å². The molecular weight excluding hydrogens is 296 g/mol. The van der Waals surface area contributed by atoms with Crippen LogP contribution >= 0.6 is 0 Å². The Labute approximate surface area is 124 Å². The van der Waals surface area contributed by atoms with Crippen LogP contribution in [0.15, 0.2) is 0 Å². The Kier molecular flexibility index (Phi) is 4.88. The number of nitrogens with zero attached hydrogens (tertiary/aromatic N) is 2. The molecule has 0 spiro atoms. The van der Waals surface area contributed by atoms with Crippen molar-refractivity contribution in [2.24, 2.45) is 0 Å². The van der Waals surface area contributed by atoms with Gasteiger partial charge >= 0.3 is 5.97 Å². The number of amides is 1. The lowest BCUT2D eigenvalue weighted by molar-refractivity contribution is -0.143. The molecule has 0 aliphatic carbocycles. The molecule has 8 heteroatoms. The number of aliphatic carboxylic acids is 1. The quantitative estimate of drug-likeness (QED) is 0.739. The normalized spacial score (nSPS) is 28.6. The molecule has 7 nitrogen and oxygen atoms in total. The summed E-state index contributed by atoms with van der Waals surface area (Å²) in [5.74, 6) is -0.919. The van der Waals surface area contributed by atoms with Gasteiger partial charge in [-0.05, 0) is 32.7 Å². The molecule has 2 rings (SSSR count). The van der Waals surface area contributed by atoms with Gasteiger partial charge in [0.25, 0.3) is 0 Å². The molecule has 0 saturated carbocycles. The van der Waals surface area contributed by atoms with E-state index in [1.54, 1.807) is 9.80 Å². The summed E-state index contributed by atoms with van der Waals surface area (Å²) in [7, 11) is -3.04. The topological polar surface area (TPSA) is 95.0 Å². The summed E-state index contributed by atoms with van der Waals surface area (Å²) >= 11 is 0. The van der Waals surface area contributed by atoms with Crippen LogP contribution in [0.2, 0.25) is 0 Å². The van der Waals surface area contributed by atoms with Crippen LogP contribution in [0.1, 0.15) is 26.2 Å². The van der Waals surface area contributed by atoms with Gasteiger partial charge in [-0.25, -0.2) is 8.42 Å². The standard InChI is InChI=1S/C13H22N2O5S/c1-2-15(10-5-7-21(19,20)9-10)12(16)8-14-6-3-4-11(14)13(17)18/h10-11H,2-9H2,1H3,(H,17,18). The number of carbonyl (C=O) groups excluding carboxylic acids is 1. The van der Waals surface area contributed by atoms with E-state index in [4.69, 9.17) is 5.11 Å². The highest BCUT2D eigenvalue weighted by atomic mass is 32.2. The highest BCUT2D eigenvalue weighted by Gasteiger charge is 2.36. The number of likely N-dealkylation sites (N-methyl/N-ethyl adjacent to an activating group) is 1. The number of hydrogen-bond acceptors (Lipinski definition) is 5. The van der Waals surface area contributed by atoms with E-state index < -0.39 is 21.8 Å². The largest absolute Gasteiger partial charge is 0.480 e. The average molecular weight is 318 g/mol. The van der Waals surface area contributed by atoms with Crippen molar-refractivity contribution in [1.82, 2.24) is 9.80 Å². The molecule has 0 aromatic carbocycles. The average Bonchev–Trinajstić information content (AvgIpc) is 2.97. The van der Waals surface area contributed by atoms with Gasteiger partial charge in [-0.15, -0.1) is 0 Å². The Balaban J connectivity index is 1.99. The molecule has 0 aromatic heterocycles. The lowest BCUT2D eigenvalue weighted by atomic mass is 10.2. The van der Waals surface area contributed by atoms with Gasteiger partial charge in [-0.1, -0.05) is 0 Å². The summed E-state index contributed by atoms with van der Waals surface area (Å²) in [6, 6.07) is -0.863. The zero-order chi connectivity index (χ0) is 15.6. The van der Waals surface area contributed by atoms with Gasteiger partial charge < -0.3 is 10.0 Å². The van der Waals surface area contributed by atoms with E-state index in [1.807, 2.05) is 6.92 Å². The first kappa shape index (κ1) is 16.2. The minimum absolute atomic E-state index is 0.0228. The van der Waals surface area contributed by atoms with Gasteiger partial charge in [0.2, 0.25) is 5.91 Å². The van der Waals surface area contributed by atoms with Crippen LogP contribution in [0.25, 0.3) is 0 Å². The van der Waals surface area contributed by atoms with Crippen molar-refractivity contribution in [2.45, 2.75) is 38.3 Å². The molecule has 21 heavy (non-hydrogen) atoms. The van der Waals surface area contributed by atoms with Crippen molar-refractivity contribution < 1.29 is 23.1 Å². The minimum atomic E-state index is -3.04. The van der Waals surface area contributed by atoms with Gasteiger partial charge in [0.1, 0.15) is 6.04 Å². The maximum atomic E-state index is 12.4. The molecule has 1 amide bonds. The summed E-state index contributed by atoms with van der Waals surface area (Å²) in [5.41, 5.74) is 0. The Bertz CT molecular complexity index is 519. The summed E-state index contributed by atoms with van der Waals surface area (Å²) in [6.07, 6.45) is 1.81. The Morgan fingerprint density at radius 1 is 1.33 bits per heavy atom. The maximum absolute atomic E-state index is 12.4. The van der Waals surface area contributed by atoms with Crippen molar-refractivity contribution in [3.63, 3.8) is 0 Å². The molecule has 2 aliphatic heterocycles. The third-order valence-corrected chi connectivity index (χ3v) is 6.05. The van der Waals surface area contributed by atoms with E-state index in [1.165, 1.54) is 0 Å². The first-order valence-electron chi connectivity index (χ1n) is 7.31. The van der Waals surface area contributed by atoms with Crippen molar-refractivity contribution >= 4 is 21.7 Å². The third-order valence-electron chi connectivity index (χ3n) is 4.30. The van der Waals surface area contributed by atoms with Crippen molar-refractivity contribution in [2.75, 3.05) is 31.1 Å². The fourth-order valence-electron chi connectivity index (χ4n) is 3.22. The number of carboxylic acids is 1. The van der Waals surface area contributed by atoms with Crippen LogP contribution in [-0.2, 0) is 19.4 Å². The minimum Gasteiger partial charge on any atom is -0.480 e. The zero-order valence-electron chi connectivity index (χ0n) is 12.2. The summed E-state index contributed by atoms with van der Waals surface area (Å²) < 4.78 is 23.1. The lowest BCUT2D eigenvalue weighted by Gasteiger charge is -2.30. The van der Waals surface area contributed by atoms with Crippen LogP contribution in [-0.4, -0.2) is 78.4 Å². The molecule has 2 saturated heterocycles. The number of likely N-dealkylation sites (tertiary alicyclic amines) is 1. The Morgan fingerprint density at radius 2 is 2.05 bits per heavy atom. The highest BCUT2D eigenvalue weighted by Crippen LogP contribution is 2.20. The van der Waals surface area contributed by atoms with Gasteiger partial charge in [-0.2, -0.15) is 0 Å². The fourth-order valence-corrected chi connectivity index (χ4v) is 4.95. The molecule has 2 heterocycles. The van der Waals surface area contributed by atoms with Gasteiger partial charge in [-0.3, -0.25) is 14.5 Å². The van der Waals surface area contributed by atoms with Crippen LogP contribution in [0, 0.1) is 0 Å². The molecule has 1 N–H and O–H groups in total. The smallest absolute Gasteiger partial charge is 0.320 e. The molecule has 2 unspecified atom stereocenters. The van der Waals surface area contributed by atoms with Gasteiger partial charge in [0.05, 0.1) is 18.1 Å². The van der Waals surface area contributed by atoms with Crippen molar-refractivity contribution in [3.05, 3.63) is 0 Å². The second-order valence-electron chi connectivity index (χ2n) is 5.70. The van der Waals surface area contributed by atoms with Gasteiger partial charge in [0.15, 0.2) is 9.84 Å². The lowest BCUT2D eigenvalue weighted by Crippen LogP contribution is -2.48. The van der Waals surface area contributed by atoms with E-state index in [-0.39, 0.29) is 30.0 Å². The second kappa shape index (κ2) is 6.31. The molecule has 120 valence electrons. The molecule has 0 radical (unpaired) electrons. The zero-order valence-corrected chi connectivity index (χ0v) is 13.0. The maximum Gasteiger partial charge on any atom is 0.320 e. The van der Waals surface area contributed by atoms with Gasteiger partial charge in [0, 0.05) is 12.6 Å². The van der Waals surface area contributed by atoms with E-state index in [9.17, 15) is 18.0 Å². The van der Waals surface area contributed by atoms with E-state index in [0.29, 0.717) is 25.9 Å². The van der Waals surface area contributed by atoms with Crippen LogP contribution < -0.4 is 0 Å². The third kappa shape index (κ3) is 3.74. The first-order chi connectivity index (χ1) is 9.84. The van der Waals surface area contributed by atoms with Crippen LogP contribution in [0.4, 0.5) is 0 Å². The van der Waals surface area contributed by atoms with E-state index >= 15 is 0 Å². The highest BCUT2D eigenvalue weighted by molar-refractivity contribution is 7.91. The molecule has 0 aromatic rings. The number of rotatable bonds is 5. The first-order valence-corrected chi connectivity index (χ1v) is 9.13. The monoisotopic (exact) mass is 318 g/mol. The van der Waals surface area contributed by atoms with Crippen LogP contribution in [0.3, 0.4) is 0 Å². The summed E-state index contributed by atoms with van der Waals surface area (Å²) in [6.45, 7) is 2.93. The SMILES string of the molecule is CCN(C(=O)CN1CCCC1C(=O)O)C1CCS(=O)(=O)C1. The number of sulfone groups is 1.